The number of nitrogens with zero attached hydrogens (tertiary/aromatic N) is 1. The number of morpholine rings is 1. The van der Waals surface area contributed by atoms with Crippen LogP contribution in [-0.4, -0.2) is 43.2 Å². The van der Waals surface area contributed by atoms with Crippen LogP contribution in [0.25, 0.3) is 0 Å². The molecule has 1 amide bonds. The average molecular weight is 263 g/mol. The van der Waals surface area contributed by atoms with Crippen LogP contribution in [0.3, 0.4) is 0 Å². The second kappa shape index (κ2) is 7.14. The SMILES string of the molecule is CCC1CN(C(=O)CCOc2ccccc2)CCO1. The molecule has 0 saturated carbocycles. The number of carbonyl (C=O) groups excluding carboxylic acids is 1. The van der Waals surface area contributed by atoms with Crippen LogP contribution in [0.5, 0.6) is 5.75 Å². The first-order chi connectivity index (χ1) is 9.29. The molecule has 19 heavy (non-hydrogen) atoms. The Morgan fingerprint density at radius 1 is 1.42 bits per heavy atom. The molecule has 0 spiro atoms. The Morgan fingerprint density at radius 3 is 2.95 bits per heavy atom. The minimum Gasteiger partial charge on any atom is -0.493 e. The molecule has 1 atom stereocenters. The molecule has 1 aromatic carbocycles. The van der Waals surface area contributed by atoms with Crippen molar-refractivity contribution in [2.75, 3.05) is 26.3 Å². The zero-order chi connectivity index (χ0) is 13.5. The quantitative estimate of drug-likeness (QED) is 0.816. The summed E-state index contributed by atoms with van der Waals surface area (Å²) in [6.45, 7) is 4.55. The average Bonchev–Trinajstić information content (AvgIpc) is 2.48. The van der Waals surface area contributed by atoms with Gasteiger partial charge >= 0.3 is 0 Å². The Labute approximate surface area is 114 Å². The molecule has 1 fully saturated rings. The standard InChI is InChI=1S/C15H21NO3/c1-2-13-12-16(9-11-19-13)15(17)8-10-18-14-6-4-3-5-7-14/h3-7,13H,2,8-12H2,1H3. The molecule has 2 rings (SSSR count). The maximum Gasteiger partial charge on any atom is 0.226 e. The molecule has 1 unspecified atom stereocenters. The lowest BCUT2D eigenvalue weighted by Gasteiger charge is -2.32. The van der Waals surface area contributed by atoms with E-state index in [9.17, 15) is 4.79 Å². The first kappa shape index (κ1) is 13.9. The van der Waals surface area contributed by atoms with Crippen LogP contribution in [0.1, 0.15) is 19.8 Å². The number of benzene rings is 1. The normalized spacial score (nSPS) is 19.2. The van der Waals surface area contributed by atoms with Crippen LogP contribution in [0.2, 0.25) is 0 Å². The summed E-state index contributed by atoms with van der Waals surface area (Å²) in [5.41, 5.74) is 0. The summed E-state index contributed by atoms with van der Waals surface area (Å²) in [6.07, 6.45) is 1.56. The predicted molar refractivity (Wildman–Crippen MR) is 73.2 cm³/mol. The van der Waals surface area contributed by atoms with E-state index in [4.69, 9.17) is 9.47 Å². The highest BCUT2D eigenvalue weighted by Gasteiger charge is 2.22. The van der Waals surface area contributed by atoms with E-state index in [-0.39, 0.29) is 12.0 Å². The van der Waals surface area contributed by atoms with E-state index in [2.05, 4.69) is 6.92 Å². The molecule has 1 aromatic rings. The number of para-hydroxylation sites is 1. The summed E-state index contributed by atoms with van der Waals surface area (Å²) in [5.74, 6) is 0.960. The van der Waals surface area contributed by atoms with Gasteiger partial charge < -0.3 is 14.4 Å². The molecule has 0 aromatic heterocycles. The molecule has 4 nitrogen and oxygen atoms in total. The van der Waals surface area contributed by atoms with Gasteiger partial charge in [0.05, 0.1) is 25.7 Å². The van der Waals surface area contributed by atoms with E-state index in [1.807, 2.05) is 35.2 Å². The van der Waals surface area contributed by atoms with E-state index >= 15 is 0 Å². The van der Waals surface area contributed by atoms with Crippen molar-refractivity contribution >= 4 is 5.91 Å². The van der Waals surface area contributed by atoms with E-state index in [1.165, 1.54) is 0 Å². The Hall–Kier alpha value is -1.55. The van der Waals surface area contributed by atoms with Crippen LogP contribution < -0.4 is 4.74 Å². The van der Waals surface area contributed by atoms with Crippen LogP contribution in [0.15, 0.2) is 30.3 Å². The molecule has 104 valence electrons. The molecular weight excluding hydrogens is 242 g/mol. The van der Waals surface area contributed by atoms with Gasteiger partial charge in [-0.05, 0) is 18.6 Å². The molecule has 0 N–H and O–H groups in total. The lowest BCUT2D eigenvalue weighted by Crippen LogP contribution is -2.45. The fraction of sp³-hybridized carbons (Fsp3) is 0.533. The lowest BCUT2D eigenvalue weighted by molar-refractivity contribution is -0.139. The van der Waals surface area contributed by atoms with E-state index < -0.39 is 0 Å². The van der Waals surface area contributed by atoms with Gasteiger partial charge in [0, 0.05) is 13.1 Å². The van der Waals surface area contributed by atoms with Crippen LogP contribution in [0, 0.1) is 0 Å². The van der Waals surface area contributed by atoms with Crippen molar-refractivity contribution in [2.45, 2.75) is 25.9 Å². The lowest BCUT2D eigenvalue weighted by atomic mass is 10.2. The number of carbonyl (C=O) groups is 1. The van der Waals surface area contributed by atoms with Gasteiger partial charge in [0.1, 0.15) is 5.75 Å². The number of ether oxygens (including phenoxy) is 2. The predicted octanol–water partition coefficient (Wildman–Crippen LogP) is 2.09. The first-order valence-electron chi connectivity index (χ1n) is 6.87. The number of hydrogen-bond acceptors (Lipinski definition) is 3. The van der Waals surface area contributed by atoms with Crippen molar-refractivity contribution in [3.05, 3.63) is 30.3 Å². The maximum absolute atomic E-state index is 12.0. The molecule has 1 saturated heterocycles. The van der Waals surface area contributed by atoms with Gasteiger partial charge in [-0.1, -0.05) is 25.1 Å². The zero-order valence-electron chi connectivity index (χ0n) is 11.4. The number of amides is 1. The van der Waals surface area contributed by atoms with Crippen LogP contribution >= 0.6 is 0 Å². The third-order valence-electron chi connectivity index (χ3n) is 3.27. The van der Waals surface area contributed by atoms with Crippen molar-refractivity contribution in [1.82, 2.24) is 4.90 Å². The maximum atomic E-state index is 12.0. The van der Waals surface area contributed by atoms with Gasteiger partial charge in [-0.3, -0.25) is 4.79 Å². The van der Waals surface area contributed by atoms with Crippen molar-refractivity contribution in [3.63, 3.8) is 0 Å². The van der Waals surface area contributed by atoms with E-state index in [1.54, 1.807) is 0 Å². The minimum atomic E-state index is 0.151. The van der Waals surface area contributed by atoms with E-state index in [0.717, 1.165) is 12.2 Å². The largest absolute Gasteiger partial charge is 0.493 e. The summed E-state index contributed by atoms with van der Waals surface area (Å²) < 4.78 is 11.1. The Morgan fingerprint density at radius 2 is 2.21 bits per heavy atom. The van der Waals surface area contributed by atoms with Crippen molar-refractivity contribution < 1.29 is 14.3 Å². The Kier molecular flexibility index (Phi) is 5.21. The molecule has 0 radical (unpaired) electrons. The van der Waals surface area contributed by atoms with Gasteiger partial charge in [0.25, 0.3) is 0 Å². The highest BCUT2D eigenvalue weighted by Crippen LogP contribution is 2.11. The summed E-state index contributed by atoms with van der Waals surface area (Å²) >= 11 is 0. The molecule has 1 aliphatic heterocycles. The van der Waals surface area contributed by atoms with Crippen LogP contribution in [-0.2, 0) is 9.53 Å². The molecule has 0 bridgehead atoms. The monoisotopic (exact) mass is 263 g/mol. The highest BCUT2D eigenvalue weighted by molar-refractivity contribution is 5.76. The Balaban J connectivity index is 1.72. The zero-order valence-corrected chi connectivity index (χ0v) is 11.4. The fourth-order valence-electron chi connectivity index (χ4n) is 2.12. The third-order valence-corrected chi connectivity index (χ3v) is 3.27. The fourth-order valence-corrected chi connectivity index (χ4v) is 2.12. The van der Waals surface area contributed by atoms with E-state index in [0.29, 0.717) is 32.7 Å². The molecule has 1 heterocycles. The number of hydrogen-bond donors (Lipinski definition) is 0. The topological polar surface area (TPSA) is 38.8 Å². The molecular formula is C15H21NO3. The molecule has 0 aliphatic carbocycles. The summed E-state index contributed by atoms with van der Waals surface area (Å²) in [5, 5.41) is 0. The smallest absolute Gasteiger partial charge is 0.226 e. The van der Waals surface area contributed by atoms with Crippen molar-refractivity contribution in [2.24, 2.45) is 0 Å². The highest BCUT2D eigenvalue weighted by atomic mass is 16.5. The van der Waals surface area contributed by atoms with Crippen molar-refractivity contribution in [1.29, 1.82) is 0 Å². The van der Waals surface area contributed by atoms with Gasteiger partial charge in [-0.15, -0.1) is 0 Å². The van der Waals surface area contributed by atoms with Gasteiger partial charge in [0.15, 0.2) is 0 Å². The first-order valence-corrected chi connectivity index (χ1v) is 6.87. The van der Waals surface area contributed by atoms with Gasteiger partial charge in [0.2, 0.25) is 5.91 Å². The second-order valence-corrected chi connectivity index (χ2v) is 4.65. The molecule has 1 aliphatic rings. The summed E-state index contributed by atoms with van der Waals surface area (Å²) in [6, 6.07) is 9.57. The third kappa shape index (κ3) is 4.24. The Bertz CT molecular complexity index is 394. The summed E-state index contributed by atoms with van der Waals surface area (Å²) in [7, 11) is 0. The second-order valence-electron chi connectivity index (χ2n) is 4.65. The van der Waals surface area contributed by atoms with Gasteiger partial charge in [-0.2, -0.15) is 0 Å². The van der Waals surface area contributed by atoms with Crippen molar-refractivity contribution in [3.8, 4) is 5.75 Å². The van der Waals surface area contributed by atoms with Crippen LogP contribution in [0.4, 0.5) is 0 Å². The summed E-state index contributed by atoms with van der Waals surface area (Å²) in [4.78, 5) is 13.9. The van der Waals surface area contributed by atoms with Gasteiger partial charge in [-0.25, -0.2) is 0 Å². The minimum absolute atomic E-state index is 0.151. The molecule has 4 heteroatoms. The number of rotatable bonds is 5.